The third-order valence-corrected chi connectivity index (χ3v) is 5.62. The molecule has 1 aliphatic rings. The summed E-state index contributed by atoms with van der Waals surface area (Å²) in [5.74, 6) is -2.81. The van der Waals surface area contributed by atoms with E-state index in [0.29, 0.717) is 11.4 Å². The lowest BCUT2D eigenvalue weighted by Crippen LogP contribution is -2.32. The third kappa shape index (κ3) is 6.88. The molecule has 2 aromatic rings. The number of hydrogen-bond donors (Lipinski definition) is 1. The smallest absolute Gasteiger partial charge is 0.416 e. The average Bonchev–Trinajstić information content (AvgIpc) is 2.86. The first-order valence-electron chi connectivity index (χ1n) is 11.4. The Hall–Kier alpha value is -4.32. The van der Waals surface area contributed by atoms with E-state index in [2.05, 4.69) is 5.32 Å². The van der Waals surface area contributed by atoms with Crippen LogP contribution in [0.4, 0.5) is 13.2 Å². The molecule has 2 aromatic carbocycles. The first-order valence-corrected chi connectivity index (χ1v) is 11.4. The second kappa shape index (κ2) is 12.1. The number of dihydropyridines is 1. The van der Waals surface area contributed by atoms with Crippen molar-refractivity contribution >= 4 is 18.0 Å². The van der Waals surface area contributed by atoms with Gasteiger partial charge in [-0.05, 0) is 37.1 Å². The van der Waals surface area contributed by atoms with Gasteiger partial charge in [0.15, 0.2) is 0 Å². The summed E-state index contributed by atoms with van der Waals surface area (Å²) >= 11 is 0. The molecule has 0 saturated heterocycles. The van der Waals surface area contributed by atoms with Gasteiger partial charge >= 0.3 is 18.1 Å². The number of allylic oxidation sites excluding steroid dienone is 2. The molecule has 0 saturated carbocycles. The molecule has 0 aromatic heterocycles. The van der Waals surface area contributed by atoms with Gasteiger partial charge in [-0.1, -0.05) is 54.6 Å². The lowest BCUT2D eigenvalue weighted by molar-refractivity contribution is -0.139. The van der Waals surface area contributed by atoms with Crippen molar-refractivity contribution in [2.45, 2.75) is 32.4 Å². The van der Waals surface area contributed by atoms with Gasteiger partial charge in [0.2, 0.25) is 0 Å². The van der Waals surface area contributed by atoms with E-state index in [4.69, 9.17) is 14.7 Å². The summed E-state index contributed by atoms with van der Waals surface area (Å²) in [6.07, 6.45) is -1.29. The van der Waals surface area contributed by atoms with Crippen LogP contribution in [0.5, 0.6) is 0 Å². The minimum atomic E-state index is -4.63. The molecule has 1 heterocycles. The summed E-state index contributed by atoms with van der Waals surface area (Å²) in [6.45, 7) is 2.85. The third-order valence-electron chi connectivity index (χ3n) is 5.62. The average molecular weight is 511 g/mol. The van der Waals surface area contributed by atoms with E-state index in [1.165, 1.54) is 12.1 Å². The predicted octanol–water partition coefficient (Wildman–Crippen LogP) is 5.65. The van der Waals surface area contributed by atoms with Crippen LogP contribution in [-0.2, 0) is 25.2 Å². The fourth-order valence-electron chi connectivity index (χ4n) is 3.98. The Morgan fingerprint density at radius 3 is 2.27 bits per heavy atom. The molecular formula is C28H25F3N2O4. The molecule has 0 spiro atoms. The molecule has 3 rings (SSSR count). The van der Waals surface area contributed by atoms with Crippen LogP contribution in [0.15, 0.2) is 83.2 Å². The number of ether oxygens (including phenoxy) is 2. The van der Waals surface area contributed by atoms with Gasteiger partial charge in [0.1, 0.15) is 13.2 Å². The highest BCUT2D eigenvalue weighted by Crippen LogP contribution is 2.41. The maximum Gasteiger partial charge on any atom is 0.416 e. The standard InChI is InChI=1S/C28H25F3N2O4/c1-18-23(26(34)36-15-7-11-20-9-4-3-5-10-20)25(21-12-6-13-22(17-21)28(29,30)31)24(19(2)33-18)27(35)37-16-8-14-32/h3-7,9-13,17,25,33H,8,15-16H2,1-2H3/b11-7+. The molecule has 1 atom stereocenters. The summed E-state index contributed by atoms with van der Waals surface area (Å²) in [5.41, 5.74) is 0.674. The van der Waals surface area contributed by atoms with Crippen molar-refractivity contribution in [1.29, 1.82) is 5.26 Å². The van der Waals surface area contributed by atoms with Gasteiger partial charge in [0.05, 0.1) is 35.1 Å². The molecule has 0 radical (unpaired) electrons. The molecule has 0 fully saturated rings. The Bertz CT molecular complexity index is 1290. The predicted molar refractivity (Wildman–Crippen MR) is 130 cm³/mol. The summed E-state index contributed by atoms with van der Waals surface area (Å²) in [6, 6.07) is 15.6. The van der Waals surface area contributed by atoms with Crippen LogP contribution < -0.4 is 5.32 Å². The maximum atomic E-state index is 13.5. The number of rotatable bonds is 8. The molecule has 9 heteroatoms. The molecule has 1 unspecified atom stereocenters. The molecule has 0 aliphatic carbocycles. The number of carbonyl (C=O) groups is 2. The Balaban J connectivity index is 1.97. The molecule has 1 aliphatic heterocycles. The Kier molecular flexibility index (Phi) is 8.90. The highest BCUT2D eigenvalue weighted by molar-refractivity contribution is 6.00. The first-order chi connectivity index (χ1) is 17.6. The zero-order valence-electron chi connectivity index (χ0n) is 20.3. The minimum absolute atomic E-state index is 0.00901. The summed E-state index contributed by atoms with van der Waals surface area (Å²) < 4.78 is 51.1. The number of benzene rings is 2. The highest BCUT2D eigenvalue weighted by Gasteiger charge is 2.39. The molecule has 192 valence electrons. The number of nitrogens with zero attached hydrogens (tertiary/aromatic N) is 1. The van der Waals surface area contributed by atoms with Crippen LogP contribution in [0, 0.1) is 11.3 Å². The lowest BCUT2D eigenvalue weighted by Gasteiger charge is -2.30. The summed E-state index contributed by atoms with van der Waals surface area (Å²) in [7, 11) is 0. The van der Waals surface area contributed by atoms with Crippen LogP contribution in [-0.4, -0.2) is 25.2 Å². The lowest BCUT2D eigenvalue weighted by atomic mass is 9.80. The zero-order chi connectivity index (χ0) is 27.0. The number of carbonyl (C=O) groups excluding carboxylic acids is 2. The van der Waals surface area contributed by atoms with E-state index in [9.17, 15) is 22.8 Å². The van der Waals surface area contributed by atoms with Crippen LogP contribution in [0.3, 0.4) is 0 Å². The molecule has 37 heavy (non-hydrogen) atoms. The topological polar surface area (TPSA) is 88.4 Å². The van der Waals surface area contributed by atoms with Gasteiger partial charge in [-0.15, -0.1) is 0 Å². The fraction of sp³-hybridized carbons (Fsp3) is 0.250. The molecule has 1 N–H and O–H groups in total. The van der Waals surface area contributed by atoms with Crippen LogP contribution in [0.1, 0.15) is 42.9 Å². The molecule has 6 nitrogen and oxygen atoms in total. The van der Waals surface area contributed by atoms with Gasteiger partial charge in [-0.3, -0.25) is 0 Å². The van der Waals surface area contributed by atoms with E-state index in [1.807, 2.05) is 36.4 Å². The SMILES string of the molecule is CC1=C(C(=O)OC/C=C/c2ccccc2)C(c2cccc(C(F)(F)F)c2)C(C(=O)OCCC#N)=C(C)N1. The first kappa shape index (κ1) is 27.3. The van der Waals surface area contributed by atoms with Crippen molar-refractivity contribution in [1.82, 2.24) is 5.32 Å². The summed E-state index contributed by atoms with van der Waals surface area (Å²) in [4.78, 5) is 26.2. The van der Waals surface area contributed by atoms with E-state index in [-0.39, 0.29) is 36.3 Å². The second-order valence-electron chi connectivity index (χ2n) is 8.21. The zero-order valence-corrected chi connectivity index (χ0v) is 20.3. The minimum Gasteiger partial charge on any atom is -0.461 e. The molecule has 0 amide bonds. The van der Waals surface area contributed by atoms with E-state index < -0.39 is 29.6 Å². The summed E-state index contributed by atoms with van der Waals surface area (Å²) in [5, 5.41) is 11.7. The van der Waals surface area contributed by atoms with Crippen molar-refractivity contribution in [2.75, 3.05) is 13.2 Å². The van der Waals surface area contributed by atoms with Gasteiger partial charge in [0, 0.05) is 11.4 Å². The quantitative estimate of drug-likeness (QED) is 0.365. The van der Waals surface area contributed by atoms with Crippen molar-refractivity contribution < 1.29 is 32.2 Å². The highest BCUT2D eigenvalue weighted by atomic mass is 19.4. The molecule has 0 bridgehead atoms. The van der Waals surface area contributed by atoms with Crippen molar-refractivity contribution in [3.05, 3.63) is 99.9 Å². The number of halogens is 3. The van der Waals surface area contributed by atoms with Crippen LogP contribution in [0.25, 0.3) is 6.08 Å². The maximum absolute atomic E-state index is 13.5. The van der Waals surface area contributed by atoms with Gasteiger partial charge in [-0.2, -0.15) is 18.4 Å². The number of alkyl halides is 3. The number of esters is 2. The van der Waals surface area contributed by atoms with Crippen molar-refractivity contribution in [3.8, 4) is 6.07 Å². The van der Waals surface area contributed by atoms with Crippen molar-refractivity contribution in [3.63, 3.8) is 0 Å². The number of hydrogen-bond acceptors (Lipinski definition) is 6. The largest absolute Gasteiger partial charge is 0.461 e. The fourth-order valence-corrected chi connectivity index (χ4v) is 3.98. The Morgan fingerprint density at radius 1 is 1.00 bits per heavy atom. The monoisotopic (exact) mass is 510 g/mol. The van der Waals surface area contributed by atoms with E-state index in [0.717, 1.165) is 17.7 Å². The van der Waals surface area contributed by atoms with Crippen molar-refractivity contribution in [2.24, 2.45) is 0 Å². The Morgan fingerprint density at radius 2 is 1.65 bits per heavy atom. The number of nitrogens with one attached hydrogen (secondary N) is 1. The Labute approximate surface area is 212 Å². The van der Waals surface area contributed by atoms with Crippen LogP contribution >= 0.6 is 0 Å². The number of nitriles is 1. The van der Waals surface area contributed by atoms with Gasteiger partial charge in [-0.25, -0.2) is 9.59 Å². The van der Waals surface area contributed by atoms with E-state index >= 15 is 0 Å². The van der Waals surface area contributed by atoms with Crippen LogP contribution in [0.2, 0.25) is 0 Å². The molecular weight excluding hydrogens is 485 g/mol. The van der Waals surface area contributed by atoms with Gasteiger partial charge in [0.25, 0.3) is 0 Å². The normalized spacial score (nSPS) is 15.8. The van der Waals surface area contributed by atoms with Gasteiger partial charge < -0.3 is 14.8 Å². The van der Waals surface area contributed by atoms with E-state index in [1.54, 1.807) is 26.0 Å². The second-order valence-corrected chi connectivity index (χ2v) is 8.21.